The highest BCUT2D eigenvalue weighted by Crippen LogP contribution is 2.39. The number of nitrogens with zero attached hydrogens (tertiary/aromatic N) is 4. The molecule has 0 spiro atoms. The minimum atomic E-state index is -0.633. The van der Waals surface area contributed by atoms with Crippen molar-refractivity contribution in [1.82, 2.24) is 9.97 Å². The Balaban J connectivity index is 2.05. The van der Waals surface area contributed by atoms with Crippen LogP contribution in [0, 0.1) is 10.1 Å². The molecule has 0 atom stereocenters. The first-order chi connectivity index (χ1) is 14.5. The summed E-state index contributed by atoms with van der Waals surface area (Å²) in [6.45, 7) is 0. The van der Waals surface area contributed by atoms with Crippen LogP contribution < -0.4 is 14.4 Å². The number of methoxy groups -OCH3 is 2. The van der Waals surface area contributed by atoms with Crippen molar-refractivity contribution in [3.05, 3.63) is 70.5 Å². The Morgan fingerprint density at radius 3 is 2.33 bits per heavy atom. The molecule has 0 N–H and O–H groups in total. The van der Waals surface area contributed by atoms with Gasteiger partial charge < -0.3 is 19.1 Å². The van der Waals surface area contributed by atoms with E-state index < -0.39 is 16.6 Å². The van der Waals surface area contributed by atoms with E-state index in [9.17, 15) is 14.9 Å². The number of carbonyl (C=O) groups is 1. The number of nitro groups is 1. The number of esters is 1. The molecule has 0 aliphatic rings. The van der Waals surface area contributed by atoms with Crippen molar-refractivity contribution in [1.29, 1.82) is 0 Å². The summed E-state index contributed by atoms with van der Waals surface area (Å²) in [5, 5.41) is 11.9. The first-order valence-corrected chi connectivity index (χ1v) is 8.68. The summed E-state index contributed by atoms with van der Waals surface area (Å²) in [6.07, 6.45) is 1.15. The second-order valence-electron chi connectivity index (χ2n) is 5.95. The molecule has 2 aromatic carbocycles. The van der Waals surface area contributed by atoms with Gasteiger partial charge in [0.15, 0.2) is 0 Å². The van der Waals surface area contributed by atoms with Gasteiger partial charge >= 0.3 is 17.5 Å². The first-order valence-electron chi connectivity index (χ1n) is 8.68. The van der Waals surface area contributed by atoms with Crippen molar-refractivity contribution in [3.8, 4) is 17.4 Å². The Hall–Kier alpha value is -4.21. The lowest BCUT2D eigenvalue weighted by Crippen LogP contribution is -2.18. The van der Waals surface area contributed by atoms with Crippen LogP contribution in [0.25, 0.3) is 0 Å². The molecule has 0 saturated carbocycles. The van der Waals surface area contributed by atoms with Crippen LogP contribution in [-0.4, -0.2) is 42.1 Å². The van der Waals surface area contributed by atoms with Gasteiger partial charge in [0.05, 0.1) is 30.4 Å². The number of para-hydroxylation sites is 1. The van der Waals surface area contributed by atoms with Crippen molar-refractivity contribution < 1.29 is 23.9 Å². The molecule has 10 nitrogen and oxygen atoms in total. The Morgan fingerprint density at radius 2 is 1.70 bits per heavy atom. The van der Waals surface area contributed by atoms with Crippen LogP contribution in [0.4, 0.5) is 17.2 Å². The summed E-state index contributed by atoms with van der Waals surface area (Å²) in [6, 6.07) is 13.0. The van der Waals surface area contributed by atoms with Crippen LogP contribution in [0.3, 0.4) is 0 Å². The van der Waals surface area contributed by atoms with Crippen molar-refractivity contribution in [2.45, 2.75) is 0 Å². The highest BCUT2D eigenvalue weighted by molar-refractivity contribution is 5.97. The molecule has 1 heterocycles. The molecule has 0 aliphatic heterocycles. The minimum absolute atomic E-state index is 0.0464. The lowest BCUT2D eigenvalue weighted by molar-refractivity contribution is -0.385. The predicted molar refractivity (Wildman–Crippen MR) is 108 cm³/mol. The number of hydrogen-bond donors (Lipinski definition) is 0. The summed E-state index contributed by atoms with van der Waals surface area (Å²) in [5.74, 6) is 0.0804. The monoisotopic (exact) mass is 410 g/mol. The summed E-state index contributed by atoms with van der Waals surface area (Å²) in [7, 11) is 4.33. The zero-order chi connectivity index (χ0) is 21.7. The topological polar surface area (TPSA) is 117 Å². The van der Waals surface area contributed by atoms with Gasteiger partial charge in [-0.3, -0.25) is 10.1 Å². The van der Waals surface area contributed by atoms with E-state index in [1.54, 1.807) is 55.6 Å². The number of carbonyl (C=O) groups excluding carboxylic acids is 1. The standard InChI is InChI=1S/C20H18N4O6/c1-23(16-7-5-4-6-15(16)20(25)29-3)18-17(24(26)27)19(22-12-21-18)30-14-10-8-13(28-2)9-11-14/h4-12H,1-3H3. The van der Waals surface area contributed by atoms with Gasteiger partial charge in [-0.1, -0.05) is 12.1 Å². The fourth-order valence-electron chi connectivity index (χ4n) is 2.75. The van der Waals surface area contributed by atoms with Crippen molar-refractivity contribution >= 4 is 23.2 Å². The molecule has 1 aromatic heterocycles. The van der Waals surface area contributed by atoms with E-state index in [1.165, 1.54) is 19.1 Å². The van der Waals surface area contributed by atoms with Crippen LogP contribution in [0.1, 0.15) is 10.4 Å². The van der Waals surface area contributed by atoms with Crippen molar-refractivity contribution in [3.63, 3.8) is 0 Å². The van der Waals surface area contributed by atoms with E-state index in [0.717, 1.165) is 6.33 Å². The van der Waals surface area contributed by atoms with E-state index in [0.29, 0.717) is 17.2 Å². The van der Waals surface area contributed by atoms with Gasteiger partial charge in [-0.15, -0.1) is 0 Å². The quantitative estimate of drug-likeness (QED) is 0.326. The Morgan fingerprint density at radius 1 is 1.03 bits per heavy atom. The maximum absolute atomic E-state index is 12.1. The van der Waals surface area contributed by atoms with Crippen LogP contribution in [0.5, 0.6) is 17.4 Å². The van der Waals surface area contributed by atoms with E-state index >= 15 is 0 Å². The smallest absolute Gasteiger partial charge is 0.373 e. The number of aromatic nitrogens is 2. The minimum Gasteiger partial charge on any atom is -0.497 e. The van der Waals surface area contributed by atoms with Gasteiger partial charge in [0, 0.05) is 7.05 Å². The molecular weight excluding hydrogens is 392 g/mol. The van der Waals surface area contributed by atoms with Crippen molar-refractivity contribution in [2.24, 2.45) is 0 Å². The number of rotatable bonds is 7. The third-order valence-corrected chi connectivity index (χ3v) is 4.21. The maximum Gasteiger partial charge on any atom is 0.373 e. The van der Waals surface area contributed by atoms with Gasteiger partial charge in [0.1, 0.15) is 17.8 Å². The lowest BCUT2D eigenvalue weighted by atomic mass is 10.1. The zero-order valence-electron chi connectivity index (χ0n) is 16.4. The first kappa shape index (κ1) is 20.5. The SMILES string of the molecule is COC(=O)c1ccccc1N(C)c1ncnc(Oc2ccc(OC)cc2)c1[N+](=O)[O-]. The van der Waals surface area contributed by atoms with Gasteiger partial charge in [-0.25, -0.2) is 9.78 Å². The fraction of sp³-hybridized carbons (Fsp3) is 0.150. The van der Waals surface area contributed by atoms with E-state index in [1.807, 2.05) is 0 Å². The third kappa shape index (κ3) is 4.12. The van der Waals surface area contributed by atoms with E-state index in [-0.39, 0.29) is 17.3 Å². The van der Waals surface area contributed by atoms with Gasteiger partial charge in [0.2, 0.25) is 5.82 Å². The molecule has 0 unspecified atom stereocenters. The molecule has 0 aliphatic carbocycles. The molecular formula is C20H18N4O6. The lowest BCUT2D eigenvalue weighted by Gasteiger charge is -2.20. The molecule has 0 amide bonds. The average Bonchev–Trinajstić information content (AvgIpc) is 2.78. The molecule has 0 saturated heterocycles. The van der Waals surface area contributed by atoms with Crippen LogP contribution >= 0.6 is 0 Å². The summed E-state index contributed by atoms with van der Waals surface area (Å²) in [5.41, 5.74) is 0.157. The third-order valence-electron chi connectivity index (χ3n) is 4.21. The number of benzene rings is 2. The van der Waals surface area contributed by atoms with Gasteiger partial charge in [-0.2, -0.15) is 4.98 Å². The Kier molecular flexibility index (Phi) is 6.06. The van der Waals surface area contributed by atoms with Gasteiger partial charge in [-0.05, 0) is 36.4 Å². The summed E-state index contributed by atoms with van der Waals surface area (Å²) in [4.78, 5) is 32.7. The molecule has 0 fully saturated rings. The van der Waals surface area contributed by atoms with Gasteiger partial charge in [0.25, 0.3) is 0 Å². The molecule has 3 aromatic rings. The van der Waals surface area contributed by atoms with Crippen molar-refractivity contribution in [2.75, 3.05) is 26.2 Å². The second kappa shape index (κ2) is 8.86. The molecule has 0 radical (unpaired) electrons. The molecule has 3 rings (SSSR count). The molecule has 10 heteroatoms. The normalized spacial score (nSPS) is 10.2. The predicted octanol–water partition coefficient (Wildman–Crippen LogP) is 3.74. The molecule has 30 heavy (non-hydrogen) atoms. The highest BCUT2D eigenvalue weighted by Gasteiger charge is 2.29. The number of ether oxygens (including phenoxy) is 3. The van der Waals surface area contributed by atoms with E-state index in [2.05, 4.69) is 9.97 Å². The van der Waals surface area contributed by atoms with Crippen LogP contribution in [0.2, 0.25) is 0 Å². The maximum atomic E-state index is 12.1. The van der Waals surface area contributed by atoms with Crippen LogP contribution in [0.15, 0.2) is 54.9 Å². The highest BCUT2D eigenvalue weighted by atomic mass is 16.6. The Labute approximate surface area is 171 Å². The number of anilines is 2. The number of hydrogen-bond acceptors (Lipinski definition) is 9. The second-order valence-corrected chi connectivity index (χ2v) is 5.95. The zero-order valence-corrected chi connectivity index (χ0v) is 16.4. The average molecular weight is 410 g/mol. The van der Waals surface area contributed by atoms with Crippen LogP contribution in [-0.2, 0) is 4.74 Å². The fourth-order valence-corrected chi connectivity index (χ4v) is 2.75. The Bertz CT molecular complexity index is 1070. The molecule has 154 valence electrons. The largest absolute Gasteiger partial charge is 0.497 e. The molecule has 0 bridgehead atoms. The van der Waals surface area contributed by atoms with E-state index in [4.69, 9.17) is 14.2 Å². The summed E-state index contributed by atoms with van der Waals surface area (Å²) < 4.78 is 15.5. The summed E-state index contributed by atoms with van der Waals surface area (Å²) >= 11 is 0.